The Morgan fingerprint density at radius 2 is 1.46 bits per heavy atom. The lowest BCUT2D eigenvalue weighted by molar-refractivity contribution is -0.0581. The van der Waals surface area contributed by atoms with Crippen molar-refractivity contribution in [3.05, 3.63) is 29.3 Å². The highest BCUT2D eigenvalue weighted by Crippen LogP contribution is 2.66. The lowest BCUT2D eigenvalue weighted by Crippen LogP contribution is -2.38. The number of aliphatic hydroxyl groups excluding tert-OH is 2. The highest BCUT2D eigenvalue weighted by molar-refractivity contribution is 7.66. The molecule has 30 nitrogen and oxygen atoms in total. The van der Waals surface area contributed by atoms with Gasteiger partial charge in [0, 0.05) is 13.7 Å². The van der Waals surface area contributed by atoms with Gasteiger partial charge in [-0.1, -0.05) is 0 Å². The van der Waals surface area contributed by atoms with Gasteiger partial charge in [-0.3, -0.25) is 32.5 Å². The number of anilines is 2. The summed E-state index contributed by atoms with van der Waals surface area (Å²) in [4.78, 5) is 83.1. The number of nitrogen functional groups attached to an aromatic ring is 1. The predicted octanol–water partition coefficient (Wildman–Crippen LogP) is -1.65. The van der Waals surface area contributed by atoms with Crippen LogP contribution < -0.4 is 16.6 Å². The van der Waals surface area contributed by atoms with E-state index in [9.17, 15) is 47.9 Å². The Hall–Kier alpha value is -3.18. The smallest absolute Gasteiger partial charge is 0.387 e. The van der Waals surface area contributed by atoms with E-state index < -0.39 is 99.1 Å². The van der Waals surface area contributed by atoms with Crippen molar-refractivity contribution in [3.63, 3.8) is 0 Å². The third-order valence-corrected chi connectivity index (χ3v) is 12.9. The van der Waals surface area contributed by atoms with Crippen molar-refractivity contribution in [2.45, 2.75) is 56.0 Å². The maximum Gasteiger partial charge on any atom is 0.490 e. The number of fused-ring (bicyclic) bond motifs is 2. The Morgan fingerprint density at radius 3 is 2.12 bits per heavy atom. The molecule has 6 rings (SSSR count). The Morgan fingerprint density at radius 1 is 0.825 bits per heavy atom. The molecule has 34 heteroatoms. The van der Waals surface area contributed by atoms with E-state index in [1.54, 1.807) is 6.92 Å². The third kappa shape index (κ3) is 9.66. The molecular weight excluding hydrogens is 860 g/mol. The Kier molecular flexibility index (Phi) is 12.5. The SMILES string of the molecule is CCNc1ncnc2c1ncn2C1OC(COP(=O)(O)OP(=O)(O)OP(=O)(O)O)[C@@H](OP(=O)(O)OCC2OC(n3cnc4c(=O)[nH]c(N)nc43)[C@H](O)[C@@H]2O)[C@H]1OC. The van der Waals surface area contributed by atoms with Gasteiger partial charge in [-0.15, -0.1) is 0 Å². The van der Waals surface area contributed by atoms with Crippen LogP contribution in [-0.2, 0) is 54.7 Å². The first-order valence-electron chi connectivity index (χ1n) is 15.9. The van der Waals surface area contributed by atoms with Crippen LogP contribution in [0, 0.1) is 0 Å². The van der Waals surface area contributed by atoms with Crippen molar-refractivity contribution in [3.8, 4) is 0 Å². The molecule has 0 aromatic carbocycles. The normalized spacial score (nSPS) is 28.7. The third-order valence-electron chi connectivity index (χ3n) is 8.07. The Balaban J connectivity index is 1.22. The van der Waals surface area contributed by atoms with E-state index in [1.807, 2.05) is 0 Å². The largest absolute Gasteiger partial charge is 0.490 e. The van der Waals surface area contributed by atoms with Gasteiger partial charge in [0.2, 0.25) is 5.95 Å². The van der Waals surface area contributed by atoms with Gasteiger partial charge in [-0.2, -0.15) is 13.6 Å². The number of hydrogen-bond donors (Lipinski definition) is 10. The summed E-state index contributed by atoms with van der Waals surface area (Å²) in [5.41, 5.74) is 5.00. The van der Waals surface area contributed by atoms with E-state index in [-0.39, 0.29) is 28.3 Å². The van der Waals surface area contributed by atoms with Gasteiger partial charge >= 0.3 is 31.3 Å². The molecule has 0 aliphatic carbocycles. The second kappa shape index (κ2) is 16.5. The zero-order valence-electron chi connectivity index (χ0n) is 28.9. The average molecular weight is 894 g/mol. The molecule has 0 radical (unpaired) electrons. The molecule has 0 bridgehead atoms. The number of phosphoric acid groups is 4. The van der Waals surface area contributed by atoms with Gasteiger partial charge in [0.05, 0.1) is 25.9 Å². The summed E-state index contributed by atoms with van der Waals surface area (Å²) in [6, 6.07) is 0. The lowest BCUT2D eigenvalue weighted by Gasteiger charge is -2.26. The number of imidazole rings is 2. The van der Waals surface area contributed by atoms with Crippen LogP contribution in [0.25, 0.3) is 22.3 Å². The van der Waals surface area contributed by atoms with Crippen LogP contribution >= 0.6 is 31.3 Å². The van der Waals surface area contributed by atoms with Gasteiger partial charge in [-0.25, -0.2) is 38.2 Å². The van der Waals surface area contributed by atoms with Crippen LogP contribution in [0.2, 0.25) is 0 Å². The van der Waals surface area contributed by atoms with E-state index in [1.165, 1.54) is 17.2 Å². The monoisotopic (exact) mass is 894 g/mol. The number of ether oxygens (including phenoxy) is 3. The minimum absolute atomic E-state index is 0.121. The van der Waals surface area contributed by atoms with Crippen molar-refractivity contribution in [1.82, 2.24) is 39.0 Å². The highest BCUT2D eigenvalue weighted by Gasteiger charge is 2.53. The van der Waals surface area contributed by atoms with Crippen LogP contribution in [0.1, 0.15) is 19.4 Å². The number of nitrogens with two attached hydrogens (primary N) is 1. The van der Waals surface area contributed by atoms with E-state index in [2.05, 4.69) is 43.8 Å². The molecule has 11 N–H and O–H groups in total. The van der Waals surface area contributed by atoms with Gasteiger partial charge in [-0.05, 0) is 6.92 Å². The summed E-state index contributed by atoms with van der Waals surface area (Å²) in [5, 5.41) is 24.5. The molecule has 0 spiro atoms. The molecule has 2 aliphatic heterocycles. The molecule has 6 heterocycles. The topological polar surface area (TPSA) is 429 Å². The molecule has 0 amide bonds. The fourth-order valence-electron chi connectivity index (χ4n) is 5.83. The standard InChI is InChI=1S/C23H34N10O20P4/c1-3-25-17-11-18(27-6-26-17)32(7-28-11)22-16(46-2)15(10(50-22)5-48-56(42,43)53-57(44,45)52-54(37,38)39)51-55(40,41)47-4-9-13(34)14(35)21(49-9)33-8-29-12-19(33)30-23(24)31-20(12)36/h6-10,13-16,21-22,34-35H,3-5H2,1-2H3,(H,40,41)(H,42,43)(H,44,45)(H,25,26,27)(H2,37,38,39)(H3,24,30,31,36)/t9?,10?,13-,14-,15-,16-,21?,22?/m1/s1. The first-order chi connectivity index (χ1) is 26.6. The van der Waals surface area contributed by atoms with Crippen molar-refractivity contribution in [1.29, 1.82) is 0 Å². The van der Waals surface area contributed by atoms with Crippen LogP contribution in [0.15, 0.2) is 23.8 Å². The van der Waals surface area contributed by atoms with E-state index in [0.29, 0.717) is 12.4 Å². The molecular formula is C23H34N10O20P4. The fourth-order valence-corrected chi connectivity index (χ4v) is 9.82. The maximum absolute atomic E-state index is 13.5. The molecule has 4 aromatic heterocycles. The van der Waals surface area contributed by atoms with E-state index in [0.717, 1.165) is 18.0 Å². The average Bonchev–Trinajstić information content (AvgIpc) is 3.86. The maximum atomic E-state index is 13.5. The first kappa shape index (κ1) is 43.4. The number of nitrogens with one attached hydrogen (secondary N) is 2. The minimum Gasteiger partial charge on any atom is -0.387 e. The van der Waals surface area contributed by atoms with Crippen molar-refractivity contribution < 1.29 is 89.3 Å². The van der Waals surface area contributed by atoms with Crippen LogP contribution in [0.3, 0.4) is 0 Å². The van der Waals surface area contributed by atoms with Gasteiger partial charge in [0.15, 0.2) is 40.6 Å². The van der Waals surface area contributed by atoms with Crippen LogP contribution in [-0.4, -0.2) is 137 Å². The summed E-state index contributed by atoms with van der Waals surface area (Å²) >= 11 is 0. The van der Waals surface area contributed by atoms with Crippen molar-refractivity contribution in [2.75, 3.05) is 37.9 Å². The zero-order chi connectivity index (χ0) is 41.7. The number of aliphatic hydroxyl groups is 2. The van der Waals surface area contributed by atoms with Gasteiger partial charge in [0.1, 0.15) is 43.0 Å². The number of phosphoric ester groups is 2. The summed E-state index contributed by atoms with van der Waals surface area (Å²) in [6.07, 6.45) is -9.35. The molecule has 0 saturated carbocycles. The molecule has 7 unspecified atom stereocenters. The number of aromatic amines is 1. The molecule has 2 aliphatic rings. The molecule has 4 aromatic rings. The number of methoxy groups -OCH3 is 1. The number of hydrogen-bond acceptors (Lipinski definition) is 22. The molecule has 2 saturated heterocycles. The molecule has 57 heavy (non-hydrogen) atoms. The fraction of sp³-hybridized carbons (Fsp3) is 0.565. The highest BCUT2D eigenvalue weighted by atomic mass is 31.3. The molecule has 11 atom stereocenters. The zero-order valence-corrected chi connectivity index (χ0v) is 32.5. The second-order valence-electron chi connectivity index (χ2n) is 11.9. The number of H-pyrrole nitrogens is 1. The van der Waals surface area contributed by atoms with Crippen molar-refractivity contribution >= 4 is 65.4 Å². The number of rotatable bonds is 17. The quantitative estimate of drug-likeness (QED) is 0.0531. The van der Waals surface area contributed by atoms with E-state index in [4.69, 9.17) is 43.3 Å². The van der Waals surface area contributed by atoms with E-state index >= 15 is 0 Å². The van der Waals surface area contributed by atoms with Crippen LogP contribution in [0.5, 0.6) is 0 Å². The Labute approximate surface area is 316 Å². The first-order valence-corrected chi connectivity index (χ1v) is 21.9. The lowest BCUT2D eigenvalue weighted by atomic mass is 10.1. The number of aromatic nitrogens is 8. The summed E-state index contributed by atoms with van der Waals surface area (Å²) in [7, 11) is -21.6. The summed E-state index contributed by atoms with van der Waals surface area (Å²) < 4.78 is 91.3. The molecule has 2 fully saturated rings. The number of nitrogens with zero attached hydrogens (tertiary/aromatic N) is 7. The predicted molar refractivity (Wildman–Crippen MR) is 183 cm³/mol. The minimum atomic E-state index is -5.93. The van der Waals surface area contributed by atoms with Gasteiger partial charge in [0.25, 0.3) is 5.56 Å². The van der Waals surface area contributed by atoms with Crippen LogP contribution in [0.4, 0.5) is 11.8 Å². The summed E-state index contributed by atoms with van der Waals surface area (Å²) in [6.45, 7) is 0.140. The van der Waals surface area contributed by atoms with Gasteiger partial charge < -0.3 is 59.9 Å². The molecule has 316 valence electrons. The summed E-state index contributed by atoms with van der Waals surface area (Å²) in [5.74, 6) is 0.0264. The Bertz CT molecular complexity index is 2360. The second-order valence-corrected chi connectivity index (χ2v) is 17.7. The van der Waals surface area contributed by atoms with Crippen molar-refractivity contribution in [2.24, 2.45) is 0 Å².